The van der Waals surface area contributed by atoms with Crippen LogP contribution in [0.2, 0.25) is 10.0 Å². The number of methoxy groups -OCH3 is 2. The van der Waals surface area contributed by atoms with Crippen molar-refractivity contribution in [1.29, 1.82) is 0 Å². The second-order valence-electron chi connectivity index (χ2n) is 8.16. The number of rotatable bonds is 6. The molecule has 1 heterocycles. The van der Waals surface area contributed by atoms with Crippen LogP contribution in [0.25, 0.3) is 5.76 Å². The van der Waals surface area contributed by atoms with Gasteiger partial charge in [-0.25, -0.2) is 0 Å². The molecule has 1 aliphatic heterocycles. The number of carbonyl (C=O) groups is 2. The van der Waals surface area contributed by atoms with Crippen LogP contribution in [-0.2, 0) is 16.1 Å². The average molecular weight is 512 g/mol. The molecule has 0 aromatic heterocycles. The van der Waals surface area contributed by atoms with Gasteiger partial charge in [-0.2, -0.15) is 0 Å². The number of aliphatic hydroxyl groups excluding tert-OH is 1. The number of aliphatic hydroxyl groups is 1. The molecule has 4 rings (SSSR count). The molecule has 0 aliphatic carbocycles. The van der Waals surface area contributed by atoms with Gasteiger partial charge >= 0.3 is 0 Å². The molecule has 1 atom stereocenters. The van der Waals surface area contributed by atoms with Gasteiger partial charge in [0.2, 0.25) is 0 Å². The van der Waals surface area contributed by atoms with Crippen molar-refractivity contribution >= 4 is 40.7 Å². The van der Waals surface area contributed by atoms with Gasteiger partial charge in [0.15, 0.2) is 5.75 Å². The molecule has 1 aliphatic rings. The lowest BCUT2D eigenvalue weighted by Crippen LogP contribution is -2.29. The highest BCUT2D eigenvalue weighted by atomic mass is 35.5. The second kappa shape index (κ2) is 10.0. The number of ether oxygens (including phenoxy) is 2. The summed E-state index contributed by atoms with van der Waals surface area (Å²) in [6.07, 6.45) is 0. The van der Waals surface area contributed by atoms with E-state index in [0.29, 0.717) is 11.3 Å². The minimum Gasteiger partial charge on any atom is -0.507 e. The van der Waals surface area contributed by atoms with Crippen molar-refractivity contribution in [3.8, 4) is 11.5 Å². The van der Waals surface area contributed by atoms with Crippen LogP contribution >= 0.6 is 23.2 Å². The third-order valence-electron chi connectivity index (χ3n) is 5.89. The molecule has 6 nitrogen and oxygen atoms in total. The van der Waals surface area contributed by atoms with Crippen molar-refractivity contribution < 1.29 is 24.2 Å². The minimum absolute atomic E-state index is 0.0357. The molecular formula is C27H23Cl2NO5. The molecule has 3 aromatic carbocycles. The number of hydrogen-bond acceptors (Lipinski definition) is 5. The Bertz CT molecular complexity index is 1310. The molecule has 1 saturated heterocycles. The zero-order valence-electron chi connectivity index (χ0n) is 19.3. The van der Waals surface area contributed by atoms with Crippen molar-refractivity contribution in [3.63, 3.8) is 0 Å². The first-order valence-corrected chi connectivity index (χ1v) is 11.5. The molecule has 0 bridgehead atoms. The third kappa shape index (κ3) is 4.72. The lowest BCUT2D eigenvalue weighted by atomic mass is 9.94. The molecule has 3 aromatic rings. The van der Waals surface area contributed by atoms with Gasteiger partial charge < -0.3 is 19.5 Å². The number of ketones is 1. The van der Waals surface area contributed by atoms with Crippen LogP contribution in [0.3, 0.4) is 0 Å². The van der Waals surface area contributed by atoms with E-state index >= 15 is 0 Å². The number of amides is 1. The van der Waals surface area contributed by atoms with Crippen LogP contribution in [0.15, 0.2) is 66.2 Å². The molecule has 0 radical (unpaired) electrons. The van der Waals surface area contributed by atoms with Crippen LogP contribution in [0.1, 0.15) is 28.3 Å². The Balaban J connectivity index is 1.86. The number of likely N-dealkylation sites (tertiary alicyclic amines) is 1. The van der Waals surface area contributed by atoms with E-state index < -0.39 is 17.7 Å². The summed E-state index contributed by atoms with van der Waals surface area (Å²) in [6, 6.07) is 16.8. The fourth-order valence-corrected chi connectivity index (χ4v) is 4.85. The van der Waals surface area contributed by atoms with E-state index in [1.165, 1.54) is 24.1 Å². The zero-order chi connectivity index (χ0) is 25.3. The largest absolute Gasteiger partial charge is 0.507 e. The van der Waals surface area contributed by atoms with Crippen molar-refractivity contribution in [1.82, 2.24) is 4.90 Å². The van der Waals surface area contributed by atoms with Crippen LogP contribution < -0.4 is 9.47 Å². The van der Waals surface area contributed by atoms with Crippen molar-refractivity contribution in [2.24, 2.45) is 0 Å². The van der Waals surface area contributed by atoms with E-state index in [4.69, 9.17) is 32.7 Å². The number of benzene rings is 3. The van der Waals surface area contributed by atoms with Gasteiger partial charge in [0.05, 0.1) is 35.9 Å². The summed E-state index contributed by atoms with van der Waals surface area (Å²) in [5, 5.41) is 11.6. The van der Waals surface area contributed by atoms with Crippen LogP contribution in [-0.4, -0.2) is 35.9 Å². The maximum absolute atomic E-state index is 13.3. The predicted molar refractivity (Wildman–Crippen MR) is 135 cm³/mol. The minimum atomic E-state index is -0.809. The van der Waals surface area contributed by atoms with Gasteiger partial charge in [0, 0.05) is 12.1 Å². The van der Waals surface area contributed by atoms with E-state index in [1.54, 1.807) is 19.2 Å². The predicted octanol–water partition coefficient (Wildman–Crippen LogP) is 5.94. The van der Waals surface area contributed by atoms with E-state index in [9.17, 15) is 14.7 Å². The number of halogens is 2. The summed E-state index contributed by atoms with van der Waals surface area (Å²) >= 11 is 12.5. The summed E-state index contributed by atoms with van der Waals surface area (Å²) < 4.78 is 10.4. The molecule has 8 heteroatoms. The number of hydrogen-bond donors (Lipinski definition) is 1. The standard InChI is InChI=1S/C27H23Cl2NO5/c1-15-5-4-6-17(11-15)23-22(24(31)18-12-20(28)26(35-3)21(29)13-18)25(32)27(33)30(23)14-16-7-9-19(34-2)10-8-16/h4-13,23,31H,14H2,1-3H3/b24-22+. The van der Waals surface area contributed by atoms with Gasteiger partial charge in [-0.15, -0.1) is 0 Å². The Hall–Kier alpha value is -3.48. The molecular weight excluding hydrogens is 489 g/mol. The van der Waals surface area contributed by atoms with Gasteiger partial charge in [-0.3, -0.25) is 9.59 Å². The lowest BCUT2D eigenvalue weighted by Gasteiger charge is -2.26. The van der Waals surface area contributed by atoms with Gasteiger partial charge in [0.25, 0.3) is 11.7 Å². The van der Waals surface area contributed by atoms with Crippen molar-refractivity contribution in [2.45, 2.75) is 19.5 Å². The monoisotopic (exact) mass is 511 g/mol. The van der Waals surface area contributed by atoms with Crippen LogP contribution in [0, 0.1) is 6.92 Å². The smallest absolute Gasteiger partial charge is 0.295 e. The molecule has 1 fully saturated rings. The number of aryl methyl sites for hydroxylation is 1. The maximum atomic E-state index is 13.3. The topological polar surface area (TPSA) is 76.1 Å². The molecule has 1 amide bonds. The van der Waals surface area contributed by atoms with Crippen molar-refractivity contribution in [2.75, 3.05) is 14.2 Å². The molecule has 1 unspecified atom stereocenters. The number of nitrogens with zero attached hydrogens (tertiary/aromatic N) is 1. The number of Topliss-reactive ketones (excluding diaryl/α,β-unsaturated/α-hetero) is 1. The average Bonchev–Trinajstić information content (AvgIpc) is 3.08. The summed E-state index contributed by atoms with van der Waals surface area (Å²) in [7, 11) is 3.00. The first kappa shape index (κ1) is 24.6. The second-order valence-corrected chi connectivity index (χ2v) is 8.98. The molecule has 0 spiro atoms. The first-order valence-electron chi connectivity index (χ1n) is 10.8. The fraction of sp³-hybridized carbons (Fsp3) is 0.185. The van der Waals surface area contributed by atoms with Gasteiger partial charge in [-0.1, -0.05) is 65.2 Å². The third-order valence-corrected chi connectivity index (χ3v) is 6.45. The van der Waals surface area contributed by atoms with Crippen molar-refractivity contribution in [3.05, 3.63) is 98.5 Å². The van der Waals surface area contributed by atoms with Gasteiger partial charge in [0.1, 0.15) is 11.5 Å². The molecule has 1 N–H and O–H groups in total. The normalized spacial score (nSPS) is 17.1. The Kier molecular flexibility index (Phi) is 7.05. The van der Waals surface area contributed by atoms with E-state index in [-0.39, 0.29) is 39.2 Å². The molecule has 180 valence electrons. The summed E-state index contributed by atoms with van der Waals surface area (Å²) in [4.78, 5) is 27.9. The van der Waals surface area contributed by atoms with Crippen LogP contribution in [0.4, 0.5) is 0 Å². The number of carbonyl (C=O) groups excluding carboxylic acids is 2. The van der Waals surface area contributed by atoms with Gasteiger partial charge in [-0.05, 0) is 42.3 Å². The summed E-state index contributed by atoms with van der Waals surface area (Å²) in [5.41, 5.74) is 2.63. The quantitative estimate of drug-likeness (QED) is 0.251. The van der Waals surface area contributed by atoms with E-state index in [0.717, 1.165) is 11.1 Å². The SMILES string of the molecule is COc1ccc(CN2C(=O)C(=O)/C(=C(/O)c3cc(Cl)c(OC)c(Cl)c3)C2c2cccc(C)c2)cc1. The highest BCUT2D eigenvalue weighted by molar-refractivity contribution is 6.46. The Labute approximate surface area is 213 Å². The first-order chi connectivity index (χ1) is 16.7. The Morgan fingerprint density at radius 1 is 0.971 bits per heavy atom. The highest BCUT2D eigenvalue weighted by Crippen LogP contribution is 2.42. The Morgan fingerprint density at radius 2 is 1.63 bits per heavy atom. The summed E-state index contributed by atoms with van der Waals surface area (Å²) in [6.45, 7) is 2.08. The highest BCUT2D eigenvalue weighted by Gasteiger charge is 2.46. The molecule has 0 saturated carbocycles. The van der Waals surface area contributed by atoms with Crippen LogP contribution in [0.5, 0.6) is 11.5 Å². The lowest BCUT2D eigenvalue weighted by molar-refractivity contribution is -0.140. The fourth-order valence-electron chi connectivity index (χ4n) is 4.20. The summed E-state index contributed by atoms with van der Waals surface area (Å²) in [5.74, 6) is -0.928. The van der Waals surface area contributed by atoms with E-state index in [2.05, 4.69) is 0 Å². The Morgan fingerprint density at radius 3 is 2.20 bits per heavy atom. The molecule has 35 heavy (non-hydrogen) atoms. The zero-order valence-corrected chi connectivity index (χ0v) is 20.9. The maximum Gasteiger partial charge on any atom is 0.295 e. The van der Waals surface area contributed by atoms with E-state index in [1.807, 2.05) is 43.3 Å².